The molecule has 2 nitrogen and oxygen atoms in total. The van der Waals surface area contributed by atoms with E-state index in [0.29, 0.717) is 17.1 Å². The van der Waals surface area contributed by atoms with E-state index in [2.05, 4.69) is 24.2 Å². The molecule has 1 N–H and O–H groups in total. The van der Waals surface area contributed by atoms with Gasteiger partial charge in [-0.3, -0.25) is 0 Å². The number of hydrogen-bond donors (Lipinski definition) is 1. The zero-order chi connectivity index (χ0) is 12.4. The van der Waals surface area contributed by atoms with E-state index in [-0.39, 0.29) is 5.82 Å². The van der Waals surface area contributed by atoms with Crippen LogP contribution in [0.3, 0.4) is 0 Å². The zero-order valence-corrected chi connectivity index (χ0v) is 11.0. The molecule has 1 aliphatic heterocycles. The van der Waals surface area contributed by atoms with E-state index in [1.54, 1.807) is 6.07 Å². The normalized spacial score (nSPS) is 25.9. The number of nitrogens with zero attached hydrogens (tertiary/aromatic N) is 1. The van der Waals surface area contributed by atoms with Crippen molar-refractivity contribution in [2.75, 3.05) is 18.9 Å². The number of likely N-dealkylation sites (tertiary alicyclic amines) is 1. The maximum Gasteiger partial charge on any atom is 0.124 e. The molecule has 1 fully saturated rings. The Kier molecular flexibility index (Phi) is 3.89. The Morgan fingerprint density at radius 3 is 2.88 bits per heavy atom. The third-order valence-electron chi connectivity index (χ3n) is 3.50. The first-order valence-electron chi connectivity index (χ1n) is 5.98. The van der Waals surface area contributed by atoms with Gasteiger partial charge in [0.15, 0.2) is 0 Å². The smallest absolute Gasteiger partial charge is 0.124 e. The largest absolute Gasteiger partial charge is 0.381 e. The summed E-state index contributed by atoms with van der Waals surface area (Å²) in [5.74, 6) is -0.294. The third-order valence-corrected chi connectivity index (χ3v) is 3.81. The van der Waals surface area contributed by atoms with Crippen molar-refractivity contribution in [1.82, 2.24) is 4.90 Å². The van der Waals surface area contributed by atoms with Crippen molar-refractivity contribution in [2.24, 2.45) is 0 Å². The molecular weight excluding hydrogens is 239 g/mol. The average Bonchev–Trinajstić information content (AvgIpc) is 2.27. The fourth-order valence-electron chi connectivity index (χ4n) is 2.25. The zero-order valence-electron chi connectivity index (χ0n) is 10.2. The molecule has 17 heavy (non-hydrogen) atoms. The second-order valence-electron chi connectivity index (χ2n) is 4.82. The molecule has 2 rings (SSSR count). The molecule has 1 aliphatic rings. The number of hydrogen-bond acceptors (Lipinski definition) is 2. The first kappa shape index (κ1) is 12.7. The van der Waals surface area contributed by atoms with Crippen LogP contribution in [-0.2, 0) is 0 Å². The van der Waals surface area contributed by atoms with E-state index in [0.717, 1.165) is 25.1 Å². The van der Waals surface area contributed by atoms with E-state index in [1.165, 1.54) is 12.1 Å². The Labute approximate surface area is 107 Å². The fourth-order valence-corrected chi connectivity index (χ4v) is 2.47. The molecule has 0 radical (unpaired) electrons. The molecule has 2 atom stereocenters. The average molecular weight is 257 g/mol. The number of halogens is 2. The maximum absolute atomic E-state index is 12.9. The number of anilines is 1. The highest BCUT2D eigenvalue weighted by atomic mass is 35.5. The minimum absolute atomic E-state index is 0.294. The molecule has 1 heterocycles. The van der Waals surface area contributed by atoms with Gasteiger partial charge in [0.1, 0.15) is 5.82 Å². The first-order chi connectivity index (χ1) is 8.06. The third kappa shape index (κ3) is 3.11. The number of nitrogens with one attached hydrogen (secondary N) is 1. The van der Waals surface area contributed by atoms with Crippen molar-refractivity contribution < 1.29 is 4.39 Å². The van der Waals surface area contributed by atoms with Gasteiger partial charge in [0.05, 0.1) is 10.7 Å². The monoisotopic (exact) mass is 256 g/mol. The van der Waals surface area contributed by atoms with Crippen molar-refractivity contribution in [3.05, 3.63) is 29.0 Å². The van der Waals surface area contributed by atoms with Crippen LogP contribution in [0, 0.1) is 5.82 Å². The van der Waals surface area contributed by atoms with Crippen LogP contribution in [0.1, 0.15) is 19.8 Å². The number of rotatable bonds is 2. The second-order valence-corrected chi connectivity index (χ2v) is 5.23. The summed E-state index contributed by atoms with van der Waals surface area (Å²) in [7, 11) is 2.14. The Balaban J connectivity index is 2.01. The van der Waals surface area contributed by atoms with Crippen molar-refractivity contribution in [1.29, 1.82) is 0 Å². The van der Waals surface area contributed by atoms with Crippen LogP contribution < -0.4 is 5.32 Å². The Morgan fingerprint density at radius 2 is 2.24 bits per heavy atom. The molecule has 4 heteroatoms. The lowest BCUT2D eigenvalue weighted by atomic mass is 9.99. The summed E-state index contributed by atoms with van der Waals surface area (Å²) in [6.45, 7) is 3.30. The van der Waals surface area contributed by atoms with Gasteiger partial charge in [-0.15, -0.1) is 0 Å². The van der Waals surface area contributed by atoms with Gasteiger partial charge in [0.25, 0.3) is 0 Å². The summed E-state index contributed by atoms with van der Waals surface area (Å²) in [5.41, 5.74) is 0.829. The van der Waals surface area contributed by atoms with Gasteiger partial charge in [-0.25, -0.2) is 4.39 Å². The molecule has 1 aromatic carbocycles. The number of benzene rings is 1. The second kappa shape index (κ2) is 5.23. The molecule has 0 spiro atoms. The van der Waals surface area contributed by atoms with Gasteiger partial charge in [-0.2, -0.15) is 0 Å². The van der Waals surface area contributed by atoms with E-state index >= 15 is 0 Å². The molecule has 1 aromatic rings. The predicted octanol–water partition coefficient (Wildman–Crippen LogP) is 3.37. The summed E-state index contributed by atoms with van der Waals surface area (Å²) in [5, 5.41) is 3.86. The number of piperidine rings is 1. The topological polar surface area (TPSA) is 15.3 Å². The molecule has 1 saturated heterocycles. The van der Waals surface area contributed by atoms with Crippen LogP contribution >= 0.6 is 11.6 Å². The summed E-state index contributed by atoms with van der Waals surface area (Å²) < 4.78 is 12.9. The van der Waals surface area contributed by atoms with Crippen molar-refractivity contribution in [3.8, 4) is 0 Å². The summed E-state index contributed by atoms with van der Waals surface area (Å²) in [6.07, 6.45) is 2.18. The van der Waals surface area contributed by atoms with Crippen LogP contribution in [0.2, 0.25) is 5.02 Å². The molecule has 94 valence electrons. The van der Waals surface area contributed by atoms with Crippen LogP contribution in [0.25, 0.3) is 0 Å². The Bertz CT molecular complexity index is 397. The fraction of sp³-hybridized carbons (Fsp3) is 0.538. The van der Waals surface area contributed by atoms with Crippen LogP contribution in [0.4, 0.5) is 10.1 Å². The molecule has 0 aliphatic carbocycles. The van der Waals surface area contributed by atoms with Gasteiger partial charge in [-0.05, 0) is 45.0 Å². The first-order valence-corrected chi connectivity index (χ1v) is 6.36. The van der Waals surface area contributed by atoms with Gasteiger partial charge in [-0.1, -0.05) is 11.6 Å². The highest BCUT2D eigenvalue weighted by Gasteiger charge is 2.22. The molecule has 0 aromatic heterocycles. The van der Waals surface area contributed by atoms with Gasteiger partial charge < -0.3 is 10.2 Å². The molecule has 2 unspecified atom stereocenters. The highest BCUT2D eigenvalue weighted by Crippen LogP contribution is 2.26. The highest BCUT2D eigenvalue weighted by molar-refractivity contribution is 6.33. The lowest BCUT2D eigenvalue weighted by Gasteiger charge is -2.35. The molecule has 0 bridgehead atoms. The van der Waals surface area contributed by atoms with Crippen LogP contribution in [-0.4, -0.2) is 30.6 Å². The standard InChI is InChI=1S/C13H18ClFN2/c1-9-7-11(5-6-17(9)2)16-13-4-3-10(15)8-12(13)14/h3-4,8-9,11,16H,5-7H2,1-2H3. The molecule has 0 amide bonds. The summed E-state index contributed by atoms with van der Waals surface area (Å²) in [4.78, 5) is 2.35. The molecule has 0 saturated carbocycles. The van der Waals surface area contributed by atoms with Gasteiger partial charge >= 0.3 is 0 Å². The van der Waals surface area contributed by atoms with Crippen molar-refractivity contribution >= 4 is 17.3 Å². The molecular formula is C13H18ClFN2. The van der Waals surface area contributed by atoms with Gasteiger partial charge in [0.2, 0.25) is 0 Å². The van der Waals surface area contributed by atoms with E-state index in [9.17, 15) is 4.39 Å². The summed E-state index contributed by atoms with van der Waals surface area (Å²) >= 11 is 6.00. The lowest BCUT2D eigenvalue weighted by Crippen LogP contribution is -2.42. The maximum atomic E-state index is 12.9. The van der Waals surface area contributed by atoms with Crippen LogP contribution in [0.5, 0.6) is 0 Å². The van der Waals surface area contributed by atoms with Gasteiger partial charge in [0, 0.05) is 18.6 Å². The minimum atomic E-state index is -0.294. The Morgan fingerprint density at radius 1 is 1.47 bits per heavy atom. The lowest BCUT2D eigenvalue weighted by molar-refractivity contribution is 0.190. The quantitative estimate of drug-likeness (QED) is 0.873. The van der Waals surface area contributed by atoms with E-state index in [4.69, 9.17) is 11.6 Å². The predicted molar refractivity (Wildman–Crippen MR) is 70.1 cm³/mol. The van der Waals surface area contributed by atoms with Crippen molar-refractivity contribution in [2.45, 2.75) is 31.8 Å². The minimum Gasteiger partial charge on any atom is -0.381 e. The summed E-state index contributed by atoms with van der Waals surface area (Å²) in [6, 6.07) is 5.49. The van der Waals surface area contributed by atoms with Crippen LogP contribution in [0.15, 0.2) is 18.2 Å². The Hall–Kier alpha value is -0.800. The van der Waals surface area contributed by atoms with E-state index in [1.807, 2.05) is 0 Å². The van der Waals surface area contributed by atoms with Crippen molar-refractivity contribution in [3.63, 3.8) is 0 Å². The SMILES string of the molecule is CC1CC(Nc2ccc(F)cc2Cl)CCN1C. The van der Waals surface area contributed by atoms with E-state index < -0.39 is 0 Å².